The average molecular weight is 395 g/mol. The molecule has 1 saturated heterocycles. The van der Waals surface area contributed by atoms with Gasteiger partial charge in [-0.1, -0.05) is 0 Å². The van der Waals surface area contributed by atoms with E-state index in [1.807, 2.05) is 0 Å². The molecule has 0 saturated carbocycles. The van der Waals surface area contributed by atoms with E-state index in [2.05, 4.69) is 14.9 Å². The van der Waals surface area contributed by atoms with Crippen molar-refractivity contribution in [2.24, 2.45) is 5.92 Å². The highest BCUT2D eigenvalue weighted by Gasteiger charge is 2.54. The predicted molar refractivity (Wildman–Crippen MR) is 95.2 cm³/mol. The van der Waals surface area contributed by atoms with Gasteiger partial charge in [0.2, 0.25) is 5.52 Å². The second-order valence-electron chi connectivity index (χ2n) is 6.72. The molecule has 2 aromatic rings. The number of aromatic nitrogens is 2. The molecule has 3 atom stereocenters. The standard InChI is InChI=1S/C16H18N4O6S/c1-9(15(21)20(16(22)23)7-3-4-10(20)2)8-27-12-6-5-11(19(24)25)13-14(12)18-26-17-13/h5-6,9-10H,3-4,7-8H2,1-2H3/p+1/t9?,10?,20-/m0/s1. The zero-order valence-electron chi connectivity index (χ0n) is 14.8. The fourth-order valence-electron chi connectivity index (χ4n) is 3.56. The van der Waals surface area contributed by atoms with Crippen LogP contribution in [0.4, 0.5) is 10.5 Å². The molecule has 0 spiro atoms. The molecular formula is C16H19N4O6S+. The molecule has 1 aliphatic heterocycles. The van der Waals surface area contributed by atoms with Gasteiger partial charge in [-0.05, 0) is 30.2 Å². The molecule has 2 unspecified atom stereocenters. The van der Waals surface area contributed by atoms with Crippen molar-refractivity contribution < 1.29 is 28.7 Å². The first-order chi connectivity index (χ1) is 12.8. The van der Waals surface area contributed by atoms with Crippen molar-refractivity contribution in [3.63, 3.8) is 0 Å². The van der Waals surface area contributed by atoms with Crippen LogP contribution in [0.2, 0.25) is 0 Å². The number of hydrogen-bond donors (Lipinski definition) is 1. The van der Waals surface area contributed by atoms with Gasteiger partial charge in [0.25, 0.3) is 0 Å². The highest BCUT2D eigenvalue weighted by Crippen LogP contribution is 2.35. The Kier molecular flexibility index (Phi) is 5.16. The number of imide groups is 1. The maximum absolute atomic E-state index is 12.9. The molecule has 2 amide bonds. The van der Waals surface area contributed by atoms with Crippen LogP contribution in [-0.4, -0.2) is 55.2 Å². The lowest BCUT2D eigenvalue weighted by Gasteiger charge is -2.31. The van der Waals surface area contributed by atoms with Gasteiger partial charge in [-0.3, -0.25) is 10.1 Å². The minimum absolute atomic E-state index is 0.0474. The summed E-state index contributed by atoms with van der Waals surface area (Å²) in [6.45, 7) is 3.80. The second-order valence-corrected chi connectivity index (χ2v) is 7.78. The van der Waals surface area contributed by atoms with Crippen molar-refractivity contribution in [1.29, 1.82) is 0 Å². The molecule has 2 heterocycles. The molecule has 11 heteroatoms. The van der Waals surface area contributed by atoms with Gasteiger partial charge < -0.3 is 5.11 Å². The minimum atomic E-state index is -1.11. The summed E-state index contributed by atoms with van der Waals surface area (Å²) < 4.78 is 4.09. The Bertz CT molecular complexity index is 915. The van der Waals surface area contributed by atoms with Gasteiger partial charge >= 0.3 is 17.7 Å². The third-order valence-electron chi connectivity index (χ3n) is 5.08. The Morgan fingerprint density at radius 2 is 2.15 bits per heavy atom. The third kappa shape index (κ3) is 3.16. The van der Waals surface area contributed by atoms with E-state index in [0.29, 0.717) is 30.0 Å². The monoisotopic (exact) mass is 395 g/mol. The van der Waals surface area contributed by atoms with Crippen LogP contribution in [0.1, 0.15) is 26.7 Å². The zero-order chi connectivity index (χ0) is 19.8. The molecular weight excluding hydrogens is 376 g/mol. The maximum Gasteiger partial charge on any atom is 0.521 e. The molecule has 1 N–H and O–H groups in total. The van der Waals surface area contributed by atoms with Crippen LogP contribution in [0.3, 0.4) is 0 Å². The summed E-state index contributed by atoms with van der Waals surface area (Å²) in [6, 6.07) is 2.59. The SMILES string of the molecule is CC(CSc1ccc([N+](=O)[O-])c2nonc12)C(=O)[N@+]1(C(=O)O)CCCC1C. The van der Waals surface area contributed by atoms with Crippen molar-refractivity contribution in [2.75, 3.05) is 12.3 Å². The Morgan fingerprint density at radius 3 is 2.74 bits per heavy atom. The number of thioether (sulfide) groups is 1. The number of non-ortho nitro benzene ring substituents is 1. The number of benzene rings is 1. The van der Waals surface area contributed by atoms with Gasteiger partial charge in [0.15, 0.2) is 5.52 Å². The number of nitro groups is 1. The van der Waals surface area contributed by atoms with E-state index < -0.39 is 21.4 Å². The number of likely N-dealkylation sites (tertiary alicyclic amines) is 1. The first kappa shape index (κ1) is 19.2. The van der Waals surface area contributed by atoms with Gasteiger partial charge in [-0.15, -0.1) is 11.8 Å². The summed E-state index contributed by atoms with van der Waals surface area (Å²) in [7, 11) is 0. The zero-order valence-corrected chi connectivity index (χ0v) is 15.6. The lowest BCUT2D eigenvalue weighted by Crippen LogP contribution is -2.60. The van der Waals surface area contributed by atoms with E-state index in [-0.39, 0.29) is 28.7 Å². The molecule has 0 radical (unpaired) electrons. The first-order valence-corrected chi connectivity index (χ1v) is 9.45. The van der Waals surface area contributed by atoms with Crippen molar-refractivity contribution in [3.05, 3.63) is 22.2 Å². The summed E-state index contributed by atoms with van der Waals surface area (Å²) in [5.74, 6) is -0.522. The van der Waals surface area contributed by atoms with Gasteiger partial charge in [-0.25, -0.2) is 9.42 Å². The Balaban J connectivity index is 1.79. The number of nitrogens with zero attached hydrogens (tertiary/aromatic N) is 4. The Labute approximate surface area is 158 Å². The molecule has 1 aromatic heterocycles. The van der Waals surface area contributed by atoms with Crippen molar-refractivity contribution in [2.45, 2.75) is 37.6 Å². The van der Waals surface area contributed by atoms with E-state index in [1.165, 1.54) is 23.9 Å². The highest BCUT2D eigenvalue weighted by molar-refractivity contribution is 7.99. The van der Waals surface area contributed by atoms with Crippen LogP contribution in [0, 0.1) is 16.0 Å². The summed E-state index contributed by atoms with van der Waals surface area (Å²) in [6.07, 6.45) is 0.290. The lowest BCUT2D eigenvalue weighted by atomic mass is 10.1. The van der Waals surface area contributed by atoms with Gasteiger partial charge in [-0.2, -0.15) is 9.28 Å². The number of hydrogen-bond acceptors (Lipinski definition) is 8. The number of quaternary nitrogens is 1. The third-order valence-corrected chi connectivity index (χ3v) is 6.39. The number of rotatable bonds is 5. The van der Waals surface area contributed by atoms with E-state index in [4.69, 9.17) is 0 Å². The summed E-state index contributed by atoms with van der Waals surface area (Å²) in [5.41, 5.74) is 0.0951. The highest BCUT2D eigenvalue weighted by atomic mass is 32.2. The minimum Gasteiger partial charge on any atom is -0.435 e. The second kappa shape index (κ2) is 7.24. The molecule has 1 fully saturated rings. The number of nitro benzene ring substituents is 1. The van der Waals surface area contributed by atoms with Crippen LogP contribution in [0.5, 0.6) is 0 Å². The van der Waals surface area contributed by atoms with E-state index in [0.717, 1.165) is 0 Å². The lowest BCUT2D eigenvalue weighted by molar-refractivity contribution is -0.793. The van der Waals surface area contributed by atoms with E-state index >= 15 is 0 Å². The number of fused-ring (bicyclic) bond motifs is 1. The number of carbonyl (C=O) groups excluding carboxylic acids is 1. The van der Waals surface area contributed by atoms with Crippen molar-refractivity contribution >= 4 is 40.5 Å². The van der Waals surface area contributed by atoms with Gasteiger partial charge in [0.1, 0.15) is 6.04 Å². The van der Waals surface area contributed by atoms with Crippen LogP contribution < -0.4 is 0 Å². The first-order valence-electron chi connectivity index (χ1n) is 8.47. The molecule has 0 aliphatic carbocycles. The Morgan fingerprint density at radius 1 is 1.44 bits per heavy atom. The van der Waals surface area contributed by atoms with Crippen molar-refractivity contribution in [3.8, 4) is 0 Å². The molecule has 3 rings (SSSR count). The van der Waals surface area contributed by atoms with Crippen molar-refractivity contribution in [1.82, 2.24) is 10.3 Å². The average Bonchev–Trinajstić information content (AvgIpc) is 3.25. The summed E-state index contributed by atoms with van der Waals surface area (Å²) >= 11 is 1.27. The normalized spacial score (nSPS) is 23.4. The maximum atomic E-state index is 12.9. The smallest absolute Gasteiger partial charge is 0.435 e. The Hall–Kier alpha value is -2.53. The summed E-state index contributed by atoms with van der Waals surface area (Å²) in [4.78, 5) is 35.9. The molecule has 10 nitrogen and oxygen atoms in total. The quantitative estimate of drug-likeness (QED) is 0.350. The molecule has 0 bridgehead atoms. The fraction of sp³-hybridized carbons (Fsp3) is 0.500. The van der Waals surface area contributed by atoms with Gasteiger partial charge in [0, 0.05) is 29.6 Å². The number of carbonyl (C=O) groups is 2. The molecule has 27 heavy (non-hydrogen) atoms. The fourth-order valence-corrected chi connectivity index (χ4v) is 4.56. The molecule has 1 aliphatic rings. The van der Waals surface area contributed by atoms with Gasteiger partial charge in [0.05, 0.1) is 17.4 Å². The van der Waals surface area contributed by atoms with Crippen LogP contribution in [0.15, 0.2) is 21.7 Å². The van der Waals surface area contributed by atoms with Crippen LogP contribution in [0.25, 0.3) is 11.0 Å². The van der Waals surface area contributed by atoms with E-state index in [1.54, 1.807) is 13.8 Å². The topological polar surface area (TPSA) is 136 Å². The predicted octanol–water partition coefficient (Wildman–Crippen LogP) is 3.06. The summed E-state index contributed by atoms with van der Waals surface area (Å²) in [5, 5.41) is 28.0. The van der Waals surface area contributed by atoms with Crippen LogP contribution in [-0.2, 0) is 4.79 Å². The largest absolute Gasteiger partial charge is 0.521 e. The van der Waals surface area contributed by atoms with Crippen LogP contribution >= 0.6 is 11.8 Å². The molecule has 1 aromatic carbocycles. The molecule has 144 valence electrons. The van der Waals surface area contributed by atoms with E-state index in [9.17, 15) is 24.8 Å². The number of amides is 2. The number of carboxylic acid groups (broad SMARTS) is 1.